The first kappa shape index (κ1) is 20.6. The van der Waals surface area contributed by atoms with Crippen LogP contribution in [-0.2, 0) is 11.2 Å². The van der Waals surface area contributed by atoms with E-state index in [1.165, 1.54) is 11.6 Å². The molecule has 0 aliphatic carbocycles. The molecule has 0 spiro atoms. The zero-order valence-corrected chi connectivity index (χ0v) is 16.5. The Kier molecular flexibility index (Phi) is 7.26. The number of benzene rings is 2. The quantitative estimate of drug-likeness (QED) is 0.582. The zero-order chi connectivity index (χ0) is 19.9. The Morgan fingerprint density at radius 2 is 1.75 bits per heavy atom. The molecule has 3 rings (SSSR count). The molecule has 2 atom stereocenters. The Morgan fingerprint density at radius 3 is 2.39 bits per heavy atom. The highest BCUT2D eigenvalue weighted by Gasteiger charge is 2.27. The molecule has 1 fully saturated rings. The molecule has 152 valence electrons. The lowest BCUT2D eigenvalue weighted by Crippen LogP contribution is -2.30. The molecular weight excluding hydrogens is 362 g/mol. The van der Waals surface area contributed by atoms with E-state index in [9.17, 15) is 8.78 Å². The molecule has 5 heteroatoms. The number of rotatable bonds is 8. The molecule has 2 aromatic carbocycles. The van der Waals surface area contributed by atoms with Crippen molar-refractivity contribution in [3.8, 4) is 11.5 Å². The van der Waals surface area contributed by atoms with Crippen molar-refractivity contribution in [3.05, 3.63) is 59.2 Å². The van der Waals surface area contributed by atoms with Gasteiger partial charge in [0.2, 0.25) is 5.82 Å². The standard InChI is InChI=1S/C23H28F2O3/c1-3-5-16-6-9-18(10-7-16)28-15-19-11-8-17(14-27-19)20-12-13-21(26-4-2)23(25)22(20)24/h6-7,9-10,12-13,17,19H,3-5,8,11,14-15H2,1-2H3. The fraction of sp³-hybridized carbons (Fsp3) is 0.478. The van der Waals surface area contributed by atoms with Gasteiger partial charge in [-0.05, 0) is 55.5 Å². The fourth-order valence-corrected chi connectivity index (χ4v) is 3.54. The fourth-order valence-electron chi connectivity index (χ4n) is 3.54. The highest BCUT2D eigenvalue weighted by molar-refractivity contribution is 5.33. The van der Waals surface area contributed by atoms with Gasteiger partial charge < -0.3 is 14.2 Å². The van der Waals surface area contributed by atoms with E-state index in [0.29, 0.717) is 25.4 Å². The lowest BCUT2D eigenvalue weighted by Gasteiger charge is -2.29. The summed E-state index contributed by atoms with van der Waals surface area (Å²) in [6, 6.07) is 11.2. The maximum atomic E-state index is 14.4. The van der Waals surface area contributed by atoms with Gasteiger partial charge in [0, 0.05) is 5.92 Å². The Labute approximate surface area is 165 Å². The van der Waals surface area contributed by atoms with Crippen LogP contribution < -0.4 is 9.47 Å². The molecule has 28 heavy (non-hydrogen) atoms. The van der Waals surface area contributed by atoms with Crippen LogP contribution in [-0.4, -0.2) is 25.9 Å². The van der Waals surface area contributed by atoms with E-state index in [1.54, 1.807) is 13.0 Å². The molecule has 0 bridgehead atoms. The summed E-state index contributed by atoms with van der Waals surface area (Å²) >= 11 is 0. The summed E-state index contributed by atoms with van der Waals surface area (Å²) in [6.45, 7) is 5.01. The average Bonchev–Trinajstić information content (AvgIpc) is 2.72. The van der Waals surface area contributed by atoms with Crippen LogP contribution >= 0.6 is 0 Å². The Balaban J connectivity index is 1.51. The first-order valence-electron chi connectivity index (χ1n) is 10.1. The van der Waals surface area contributed by atoms with Gasteiger partial charge in [0.15, 0.2) is 11.6 Å². The normalized spacial score (nSPS) is 19.4. The molecular formula is C23H28F2O3. The predicted octanol–water partition coefficient (Wildman–Crippen LogP) is 5.66. The van der Waals surface area contributed by atoms with Gasteiger partial charge in [0.25, 0.3) is 0 Å². The maximum absolute atomic E-state index is 14.4. The van der Waals surface area contributed by atoms with Gasteiger partial charge in [-0.15, -0.1) is 0 Å². The second-order valence-electron chi connectivity index (χ2n) is 7.15. The van der Waals surface area contributed by atoms with Crippen LogP contribution in [0.15, 0.2) is 36.4 Å². The SMILES string of the molecule is CCCc1ccc(OCC2CCC(c3ccc(OCC)c(F)c3F)CO2)cc1. The maximum Gasteiger partial charge on any atom is 0.200 e. The molecule has 1 aliphatic heterocycles. The third kappa shape index (κ3) is 5.02. The Bertz CT molecular complexity index is 753. The van der Waals surface area contributed by atoms with Gasteiger partial charge in [-0.25, -0.2) is 4.39 Å². The van der Waals surface area contributed by atoms with E-state index >= 15 is 0 Å². The highest BCUT2D eigenvalue weighted by Crippen LogP contribution is 2.33. The lowest BCUT2D eigenvalue weighted by atomic mass is 9.91. The molecule has 0 aromatic heterocycles. The average molecular weight is 390 g/mol. The van der Waals surface area contributed by atoms with Gasteiger partial charge in [-0.2, -0.15) is 4.39 Å². The second kappa shape index (κ2) is 9.87. The lowest BCUT2D eigenvalue weighted by molar-refractivity contribution is -0.0218. The minimum absolute atomic E-state index is 0.0397. The van der Waals surface area contributed by atoms with Crippen molar-refractivity contribution >= 4 is 0 Å². The van der Waals surface area contributed by atoms with Crippen LogP contribution in [0.25, 0.3) is 0 Å². The van der Waals surface area contributed by atoms with Crippen LogP contribution in [0.3, 0.4) is 0 Å². The monoisotopic (exact) mass is 390 g/mol. The molecule has 1 heterocycles. The number of hydrogen-bond acceptors (Lipinski definition) is 3. The summed E-state index contributed by atoms with van der Waals surface area (Å²) in [7, 11) is 0. The summed E-state index contributed by atoms with van der Waals surface area (Å²) in [5.74, 6) is -1.13. The molecule has 2 unspecified atom stereocenters. The van der Waals surface area contributed by atoms with Crippen molar-refractivity contribution in [3.63, 3.8) is 0 Å². The molecule has 3 nitrogen and oxygen atoms in total. The molecule has 2 aromatic rings. The van der Waals surface area contributed by atoms with Gasteiger partial charge in [0.05, 0.1) is 19.3 Å². The smallest absolute Gasteiger partial charge is 0.200 e. The molecule has 0 saturated carbocycles. The number of halogens is 2. The van der Waals surface area contributed by atoms with Gasteiger partial charge in [0.1, 0.15) is 12.4 Å². The minimum Gasteiger partial charge on any atom is -0.491 e. The van der Waals surface area contributed by atoms with Crippen LogP contribution in [0.2, 0.25) is 0 Å². The van der Waals surface area contributed by atoms with Crippen molar-refractivity contribution in [1.29, 1.82) is 0 Å². The first-order valence-corrected chi connectivity index (χ1v) is 10.1. The van der Waals surface area contributed by atoms with Gasteiger partial charge in [-0.1, -0.05) is 31.5 Å². The predicted molar refractivity (Wildman–Crippen MR) is 105 cm³/mol. The van der Waals surface area contributed by atoms with Gasteiger partial charge >= 0.3 is 0 Å². The number of hydrogen-bond donors (Lipinski definition) is 0. The van der Waals surface area contributed by atoms with E-state index in [-0.39, 0.29) is 17.8 Å². The summed E-state index contributed by atoms with van der Waals surface area (Å²) in [5.41, 5.74) is 1.66. The number of ether oxygens (including phenoxy) is 3. The second-order valence-corrected chi connectivity index (χ2v) is 7.15. The van der Waals surface area contributed by atoms with Crippen LogP contribution in [0.5, 0.6) is 11.5 Å². The van der Waals surface area contributed by atoms with Crippen molar-refractivity contribution < 1.29 is 23.0 Å². The molecule has 0 radical (unpaired) electrons. The number of aryl methyl sites for hydroxylation is 1. The molecule has 1 saturated heterocycles. The summed E-state index contributed by atoms with van der Waals surface area (Å²) in [4.78, 5) is 0. The van der Waals surface area contributed by atoms with E-state index in [1.807, 2.05) is 12.1 Å². The highest BCUT2D eigenvalue weighted by atomic mass is 19.2. The van der Waals surface area contributed by atoms with E-state index < -0.39 is 11.6 Å². The van der Waals surface area contributed by atoms with E-state index in [0.717, 1.165) is 31.4 Å². The third-order valence-electron chi connectivity index (χ3n) is 5.08. The summed E-state index contributed by atoms with van der Waals surface area (Å²) in [5, 5.41) is 0. The van der Waals surface area contributed by atoms with Crippen LogP contribution in [0.1, 0.15) is 50.2 Å². The molecule has 0 N–H and O–H groups in total. The molecule has 1 aliphatic rings. The van der Waals surface area contributed by atoms with Gasteiger partial charge in [-0.3, -0.25) is 0 Å². The third-order valence-corrected chi connectivity index (χ3v) is 5.08. The van der Waals surface area contributed by atoms with Crippen molar-refractivity contribution in [2.45, 2.75) is 51.6 Å². The summed E-state index contributed by atoms with van der Waals surface area (Å²) < 4.78 is 45.3. The topological polar surface area (TPSA) is 27.7 Å². The summed E-state index contributed by atoms with van der Waals surface area (Å²) in [6.07, 6.45) is 3.62. The Hall–Kier alpha value is -2.14. The van der Waals surface area contributed by atoms with Crippen LogP contribution in [0.4, 0.5) is 8.78 Å². The Morgan fingerprint density at radius 1 is 0.964 bits per heavy atom. The minimum atomic E-state index is -0.920. The van der Waals surface area contributed by atoms with Crippen LogP contribution in [0, 0.1) is 11.6 Å². The van der Waals surface area contributed by atoms with Crippen molar-refractivity contribution in [1.82, 2.24) is 0 Å². The van der Waals surface area contributed by atoms with Crippen molar-refractivity contribution in [2.24, 2.45) is 0 Å². The van der Waals surface area contributed by atoms with E-state index in [4.69, 9.17) is 14.2 Å². The zero-order valence-electron chi connectivity index (χ0n) is 16.5. The molecule has 0 amide bonds. The van der Waals surface area contributed by atoms with E-state index in [2.05, 4.69) is 19.1 Å². The first-order chi connectivity index (χ1) is 13.6. The van der Waals surface area contributed by atoms with Crippen molar-refractivity contribution in [2.75, 3.05) is 19.8 Å². The largest absolute Gasteiger partial charge is 0.491 e.